The monoisotopic (exact) mass is 280 g/mol. The number of hydrogen-bond acceptors (Lipinski definition) is 4. The zero-order valence-electron chi connectivity index (χ0n) is 11.0. The topological polar surface area (TPSA) is 99.9 Å². The molecule has 1 aliphatic heterocycles. The first-order chi connectivity index (χ1) is 9.50. The van der Waals surface area contributed by atoms with Crippen LogP contribution in [0.2, 0.25) is 0 Å². The number of hydrogen-bond donors (Lipinski definition) is 2. The Labute approximate surface area is 115 Å². The third-order valence-corrected chi connectivity index (χ3v) is 3.32. The second-order valence-electron chi connectivity index (χ2n) is 4.74. The predicted octanol–water partition coefficient (Wildman–Crippen LogP) is 0.473. The summed E-state index contributed by atoms with van der Waals surface area (Å²) in [5, 5.41) is 11.6. The lowest BCUT2D eigenvalue weighted by molar-refractivity contribution is -0.148. The second kappa shape index (κ2) is 5.77. The summed E-state index contributed by atoms with van der Waals surface area (Å²) in [4.78, 5) is 36.3. The quantitative estimate of drug-likeness (QED) is 0.835. The van der Waals surface area contributed by atoms with Gasteiger partial charge in [0.1, 0.15) is 18.3 Å². The first-order valence-corrected chi connectivity index (χ1v) is 6.37. The van der Waals surface area contributed by atoms with E-state index in [4.69, 9.17) is 9.52 Å². The summed E-state index contributed by atoms with van der Waals surface area (Å²) < 4.78 is 4.79. The number of carboxylic acids is 1. The van der Waals surface area contributed by atoms with Crippen LogP contribution in [0.1, 0.15) is 30.1 Å². The van der Waals surface area contributed by atoms with Gasteiger partial charge in [-0.05, 0) is 25.8 Å². The lowest BCUT2D eigenvalue weighted by Gasteiger charge is -2.25. The molecule has 2 atom stereocenters. The molecular formula is C13H16N2O5. The van der Waals surface area contributed by atoms with Crippen LogP contribution in [0.5, 0.6) is 0 Å². The largest absolute Gasteiger partial charge is 0.480 e. The van der Waals surface area contributed by atoms with Crippen LogP contribution in [-0.4, -0.2) is 46.4 Å². The lowest BCUT2D eigenvalue weighted by Crippen LogP contribution is -2.50. The van der Waals surface area contributed by atoms with Gasteiger partial charge in [-0.3, -0.25) is 9.59 Å². The fraction of sp³-hybridized carbons (Fsp3) is 0.462. The number of amides is 2. The molecular weight excluding hydrogens is 264 g/mol. The van der Waals surface area contributed by atoms with Crippen molar-refractivity contribution in [1.82, 2.24) is 10.2 Å². The molecule has 2 amide bonds. The van der Waals surface area contributed by atoms with Crippen molar-refractivity contribution < 1.29 is 23.9 Å². The van der Waals surface area contributed by atoms with E-state index in [0.29, 0.717) is 24.9 Å². The molecule has 1 aliphatic rings. The molecule has 2 heterocycles. The van der Waals surface area contributed by atoms with Crippen molar-refractivity contribution >= 4 is 17.8 Å². The summed E-state index contributed by atoms with van der Waals surface area (Å²) in [5.41, 5.74) is 0.320. The van der Waals surface area contributed by atoms with Crippen molar-refractivity contribution in [3.8, 4) is 0 Å². The maximum Gasteiger partial charge on any atom is 0.326 e. The molecule has 1 aromatic rings. The number of furan rings is 1. The van der Waals surface area contributed by atoms with E-state index in [1.807, 2.05) is 0 Å². The third kappa shape index (κ3) is 2.81. The minimum Gasteiger partial charge on any atom is -0.480 e. The Bertz CT molecular complexity index is 511. The van der Waals surface area contributed by atoms with Gasteiger partial charge in [-0.15, -0.1) is 0 Å². The van der Waals surface area contributed by atoms with Crippen LogP contribution >= 0.6 is 0 Å². The molecule has 0 aliphatic carbocycles. The van der Waals surface area contributed by atoms with E-state index in [0.717, 1.165) is 0 Å². The number of carbonyl (C=O) groups is 3. The zero-order valence-corrected chi connectivity index (χ0v) is 11.0. The summed E-state index contributed by atoms with van der Waals surface area (Å²) in [7, 11) is 0. The number of rotatable bonds is 4. The molecule has 1 aromatic heterocycles. The lowest BCUT2D eigenvalue weighted by atomic mass is 10.2. The second-order valence-corrected chi connectivity index (χ2v) is 4.74. The van der Waals surface area contributed by atoms with E-state index in [1.54, 1.807) is 0 Å². The van der Waals surface area contributed by atoms with Crippen LogP contribution < -0.4 is 5.32 Å². The molecule has 1 saturated heterocycles. The van der Waals surface area contributed by atoms with Crippen molar-refractivity contribution in [2.75, 3.05) is 6.54 Å². The molecule has 2 N–H and O–H groups in total. The number of carboxylic acid groups (broad SMARTS) is 1. The van der Waals surface area contributed by atoms with Crippen LogP contribution in [0.15, 0.2) is 23.0 Å². The van der Waals surface area contributed by atoms with Gasteiger partial charge in [0, 0.05) is 6.54 Å². The Balaban J connectivity index is 1.98. The molecule has 0 radical (unpaired) electrons. The van der Waals surface area contributed by atoms with Crippen LogP contribution in [0.3, 0.4) is 0 Å². The molecule has 1 fully saturated rings. The van der Waals surface area contributed by atoms with Gasteiger partial charge in [0.15, 0.2) is 0 Å². The van der Waals surface area contributed by atoms with Crippen LogP contribution in [0.4, 0.5) is 0 Å². The first kappa shape index (κ1) is 14.1. The number of likely N-dealkylation sites (tertiary alicyclic amines) is 1. The fourth-order valence-corrected chi connectivity index (χ4v) is 2.27. The average molecular weight is 280 g/mol. The normalized spacial score (nSPS) is 19.6. The highest BCUT2D eigenvalue weighted by Gasteiger charge is 2.36. The Kier molecular flexibility index (Phi) is 4.07. The molecule has 1 unspecified atom stereocenters. The van der Waals surface area contributed by atoms with Gasteiger partial charge in [-0.1, -0.05) is 0 Å². The van der Waals surface area contributed by atoms with Crippen molar-refractivity contribution in [2.24, 2.45) is 0 Å². The molecule has 7 nitrogen and oxygen atoms in total. The number of nitrogens with zero attached hydrogens (tertiary/aromatic N) is 1. The highest BCUT2D eigenvalue weighted by molar-refractivity contribution is 5.97. The van der Waals surface area contributed by atoms with Gasteiger partial charge < -0.3 is 19.7 Å². The molecule has 2 rings (SSSR count). The predicted molar refractivity (Wildman–Crippen MR) is 68.0 cm³/mol. The Morgan fingerprint density at radius 1 is 1.50 bits per heavy atom. The average Bonchev–Trinajstić information content (AvgIpc) is 3.08. The molecule has 0 aromatic carbocycles. The van der Waals surface area contributed by atoms with Gasteiger partial charge in [0.25, 0.3) is 5.91 Å². The van der Waals surface area contributed by atoms with Crippen LogP contribution in [0, 0.1) is 0 Å². The van der Waals surface area contributed by atoms with E-state index in [2.05, 4.69) is 5.32 Å². The number of carbonyl (C=O) groups excluding carboxylic acids is 2. The smallest absolute Gasteiger partial charge is 0.326 e. The van der Waals surface area contributed by atoms with Gasteiger partial charge in [0.05, 0.1) is 11.8 Å². The van der Waals surface area contributed by atoms with Crippen LogP contribution in [0.25, 0.3) is 0 Å². The van der Waals surface area contributed by atoms with E-state index in [9.17, 15) is 14.4 Å². The standard InChI is InChI=1S/C13H16N2O5/c1-8(14-11(16)9-4-6-20-7-9)12(17)15-5-2-3-10(15)13(18)19/h4,6-8,10H,2-3,5H2,1H3,(H,14,16)(H,18,19)/t8?,10-/m1/s1. The summed E-state index contributed by atoms with van der Waals surface area (Å²) in [6.45, 7) is 1.94. The maximum absolute atomic E-state index is 12.2. The number of aliphatic carboxylic acids is 1. The van der Waals surface area contributed by atoms with Gasteiger partial charge in [0.2, 0.25) is 5.91 Å². The molecule has 108 valence electrons. The zero-order chi connectivity index (χ0) is 14.7. The van der Waals surface area contributed by atoms with Crippen molar-refractivity contribution in [3.05, 3.63) is 24.2 Å². The Morgan fingerprint density at radius 2 is 2.25 bits per heavy atom. The van der Waals surface area contributed by atoms with E-state index >= 15 is 0 Å². The summed E-state index contributed by atoms with van der Waals surface area (Å²) in [5.74, 6) is -1.82. The molecule has 7 heteroatoms. The SMILES string of the molecule is CC(NC(=O)c1ccoc1)C(=O)N1CCC[C@@H]1C(=O)O. The molecule has 0 spiro atoms. The summed E-state index contributed by atoms with van der Waals surface area (Å²) in [6.07, 6.45) is 3.75. The minimum atomic E-state index is -1.01. The molecule has 0 saturated carbocycles. The Morgan fingerprint density at radius 3 is 2.85 bits per heavy atom. The van der Waals surface area contributed by atoms with E-state index in [1.165, 1.54) is 30.4 Å². The Hall–Kier alpha value is -2.31. The van der Waals surface area contributed by atoms with E-state index < -0.39 is 24.0 Å². The third-order valence-electron chi connectivity index (χ3n) is 3.32. The van der Waals surface area contributed by atoms with E-state index in [-0.39, 0.29) is 5.91 Å². The fourth-order valence-electron chi connectivity index (χ4n) is 2.27. The maximum atomic E-state index is 12.2. The minimum absolute atomic E-state index is 0.320. The van der Waals surface area contributed by atoms with Crippen LogP contribution in [-0.2, 0) is 9.59 Å². The van der Waals surface area contributed by atoms with Gasteiger partial charge >= 0.3 is 5.97 Å². The molecule has 0 bridgehead atoms. The van der Waals surface area contributed by atoms with Gasteiger partial charge in [-0.25, -0.2) is 4.79 Å². The van der Waals surface area contributed by atoms with Crippen molar-refractivity contribution in [2.45, 2.75) is 31.8 Å². The molecule has 20 heavy (non-hydrogen) atoms. The summed E-state index contributed by atoms with van der Waals surface area (Å²) in [6, 6.07) is -0.0873. The van der Waals surface area contributed by atoms with Crippen molar-refractivity contribution in [3.63, 3.8) is 0 Å². The summed E-state index contributed by atoms with van der Waals surface area (Å²) >= 11 is 0. The first-order valence-electron chi connectivity index (χ1n) is 6.37. The highest BCUT2D eigenvalue weighted by Crippen LogP contribution is 2.18. The highest BCUT2D eigenvalue weighted by atomic mass is 16.4. The van der Waals surface area contributed by atoms with Crippen molar-refractivity contribution in [1.29, 1.82) is 0 Å². The van der Waals surface area contributed by atoms with Gasteiger partial charge in [-0.2, -0.15) is 0 Å². The number of nitrogens with one attached hydrogen (secondary N) is 1.